The molecule has 3 N–H and O–H groups in total. The van der Waals surface area contributed by atoms with Crippen molar-refractivity contribution in [1.82, 2.24) is 14.7 Å². The van der Waals surface area contributed by atoms with Gasteiger partial charge in [-0.3, -0.25) is 19.2 Å². The summed E-state index contributed by atoms with van der Waals surface area (Å²) in [5.41, 5.74) is 10.1. The average Bonchev–Trinajstić information content (AvgIpc) is 3.75. The van der Waals surface area contributed by atoms with E-state index < -0.39 is 5.91 Å². The first-order chi connectivity index (χ1) is 24.6. The van der Waals surface area contributed by atoms with Crippen molar-refractivity contribution < 1.29 is 19.2 Å². The van der Waals surface area contributed by atoms with Gasteiger partial charge in [0, 0.05) is 42.9 Å². The highest BCUT2D eigenvalue weighted by Gasteiger charge is 2.40. The molecule has 51 heavy (non-hydrogen) atoms. The fourth-order valence-corrected chi connectivity index (χ4v) is 8.62. The largest absolute Gasteiger partial charge is 0.368 e. The molecule has 2 fully saturated rings. The Balaban J connectivity index is 1.15. The minimum atomic E-state index is -0.564. The topological polar surface area (TPSA) is 116 Å². The fraction of sp³-hybridized carbons (Fsp3) is 0.381. The number of hydrogen-bond acceptors (Lipinski definition) is 5. The molecule has 2 bridgehead atoms. The van der Waals surface area contributed by atoms with Gasteiger partial charge in [-0.05, 0) is 109 Å². The highest BCUT2D eigenvalue weighted by molar-refractivity contribution is 6.00. The summed E-state index contributed by atoms with van der Waals surface area (Å²) in [6.45, 7) is 1.13. The second kappa shape index (κ2) is 14.7. The molecule has 3 aliphatic rings. The maximum atomic E-state index is 14.5. The molecule has 2 saturated carbocycles. The van der Waals surface area contributed by atoms with E-state index in [4.69, 9.17) is 5.73 Å². The van der Waals surface area contributed by atoms with Crippen LogP contribution in [0.1, 0.15) is 75.6 Å². The van der Waals surface area contributed by atoms with Gasteiger partial charge >= 0.3 is 0 Å². The van der Waals surface area contributed by atoms with Crippen LogP contribution in [-0.4, -0.2) is 72.1 Å². The molecule has 9 nitrogen and oxygen atoms in total. The number of rotatable bonds is 12. The van der Waals surface area contributed by atoms with Gasteiger partial charge in [-0.25, -0.2) is 0 Å². The van der Waals surface area contributed by atoms with Crippen molar-refractivity contribution in [1.29, 1.82) is 0 Å². The van der Waals surface area contributed by atoms with Crippen molar-refractivity contribution in [2.75, 3.05) is 39.0 Å². The fourth-order valence-electron chi connectivity index (χ4n) is 8.62. The van der Waals surface area contributed by atoms with Gasteiger partial charge in [-0.1, -0.05) is 67.1 Å². The number of anilines is 1. The third-order valence-electron chi connectivity index (χ3n) is 11.2. The van der Waals surface area contributed by atoms with Crippen LogP contribution in [0.25, 0.3) is 10.8 Å². The van der Waals surface area contributed by atoms with Crippen LogP contribution in [0.15, 0.2) is 84.9 Å². The summed E-state index contributed by atoms with van der Waals surface area (Å²) >= 11 is 0. The van der Waals surface area contributed by atoms with Crippen molar-refractivity contribution in [2.45, 2.75) is 51.1 Å². The molecule has 0 saturated heterocycles. The number of carbonyl (C=O) groups excluding carboxylic acids is 4. The Morgan fingerprint density at radius 1 is 0.902 bits per heavy atom. The first-order valence-electron chi connectivity index (χ1n) is 18.2. The Morgan fingerprint density at radius 3 is 2.41 bits per heavy atom. The van der Waals surface area contributed by atoms with Gasteiger partial charge in [0.2, 0.25) is 11.8 Å². The summed E-state index contributed by atoms with van der Waals surface area (Å²) in [5.74, 6) is 1.01. The number of hydrogen-bond donors (Lipinski definition) is 2. The van der Waals surface area contributed by atoms with Crippen molar-refractivity contribution >= 4 is 40.1 Å². The molecule has 7 rings (SSSR count). The van der Waals surface area contributed by atoms with Gasteiger partial charge in [0.1, 0.15) is 0 Å². The number of nitrogens with two attached hydrogens (primary N) is 1. The zero-order valence-corrected chi connectivity index (χ0v) is 29.5. The van der Waals surface area contributed by atoms with Crippen LogP contribution in [0.5, 0.6) is 0 Å². The van der Waals surface area contributed by atoms with E-state index in [2.05, 4.69) is 29.6 Å². The number of fused-ring (bicyclic) bond motifs is 4. The van der Waals surface area contributed by atoms with Crippen LogP contribution < -0.4 is 11.1 Å². The van der Waals surface area contributed by atoms with Gasteiger partial charge < -0.3 is 25.8 Å². The van der Waals surface area contributed by atoms with Crippen LogP contribution in [0.2, 0.25) is 0 Å². The first-order valence-corrected chi connectivity index (χ1v) is 18.2. The van der Waals surface area contributed by atoms with Crippen LogP contribution in [0.3, 0.4) is 0 Å². The van der Waals surface area contributed by atoms with Crippen LogP contribution >= 0.6 is 0 Å². The van der Waals surface area contributed by atoms with Crippen molar-refractivity contribution in [3.05, 3.63) is 113 Å². The number of amides is 4. The molecule has 0 radical (unpaired) electrons. The van der Waals surface area contributed by atoms with E-state index in [1.165, 1.54) is 24.2 Å². The Kier molecular flexibility index (Phi) is 9.91. The third-order valence-corrected chi connectivity index (χ3v) is 11.2. The second-order valence-corrected chi connectivity index (χ2v) is 15.0. The van der Waals surface area contributed by atoms with Gasteiger partial charge in [0.15, 0.2) is 0 Å². The number of primary amides is 1. The Morgan fingerprint density at radius 2 is 1.69 bits per heavy atom. The zero-order chi connectivity index (χ0) is 35.6. The van der Waals surface area contributed by atoms with Gasteiger partial charge in [0.25, 0.3) is 11.8 Å². The standard InChI is InChI=1S/C42H47N5O4/c1-45(2)18-19-46(26-39(43)48)41(50)30-13-10-27(11-14-30)25-47-38(36-9-5-7-29-6-3-4-8-35(29)36)22-32-16-17-34(24-37(32)42(47)51)44-40(49)23-33-21-28-12-15-31(33)20-28/h3-11,13-14,16-17,24,28,31,33,38H,12,15,18-23,25-26H2,1-2H3,(H2,43,48)(H,44,49). The predicted octanol–water partition coefficient (Wildman–Crippen LogP) is 6.03. The molecule has 0 aromatic heterocycles. The second-order valence-electron chi connectivity index (χ2n) is 15.0. The summed E-state index contributed by atoms with van der Waals surface area (Å²) < 4.78 is 0. The molecule has 4 aromatic carbocycles. The van der Waals surface area contributed by atoms with E-state index in [0.29, 0.717) is 61.1 Å². The highest BCUT2D eigenvalue weighted by Crippen LogP contribution is 2.49. The quantitative estimate of drug-likeness (QED) is 0.189. The molecule has 9 heteroatoms. The van der Waals surface area contributed by atoms with Crippen molar-refractivity contribution in [3.63, 3.8) is 0 Å². The van der Waals surface area contributed by atoms with Crippen LogP contribution in [0.4, 0.5) is 5.69 Å². The number of carbonyl (C=O) groups is 4. The molecule has 1 aliphatic heterocycles. The van der Waals surface area contributed by atoms with E-state index in [1.54, 1.807) is 12.1 Å². The highest BCUT2D eigenvalue weighted by atomic mass is 16.2. The summed E-state index contributed by atoms with van der Waals surface area (Å²) in [7, 11) is 3.81. The van der Waals surface area contributed by atoms with Crippen LogP contribution in [0, 0.1) is 17.8 Å². The minimum absolute atomic E-state index is 0.0204. The lowest BCUT2D eigenvalue weighted by atomic mass is 9.86. The van der Waals surface area contributed by atoms with Crippen LogP contribution in [-0.2, 0) is 22.6 Å². The molecule has 0 spiro atoms. The van der Waals surface area contributed by atoms with Gasteiger partial charge in [0.05, 0.1) is 12.6 Å². The monoisotopic (exact) mass is 685 g/mol. The lowest BCUT2D eigenvalue weighted by Crippen LogP contribution is -2.42. The predicted molar refractivity (Wildman–Crippen MR) is 199 cm³/mol. The van der Waals surface area contributed by atoms with E-state index >= 15 is 0 Å². The maximum Gasteiger partial charge on any atom is 0.255 e. The normalized spacial score (nSPS) is 20.8. The van der Waals surface area contributed by atoms with Gasteiger partial charge in [-0.15, -0.1) is 0 Å². The number of likely N-dealkylation sites (N-methyl/N-ethyl adjacent to an activating group) is 1. The van der Waals surface area contributed by atoms with E-state index in [9.17, 15) is 19.2 Å². The average molecular weight is 686 g/mol. The summed E-state index contributed by atoms with van der Waals surface area (Å²) in [6, 6.07) is 27.2. The van der Waals surface area contributed by atoms with Crippen molar-refractivity contribution in [2.24, 2.45) is 23.5 Å². The SMILES string of the molecule is CN(C)CCN(CC(N)=O)C(=O)c1ccc(CN2C(=O)c3cc(NC(=O)CC4CC5CCC4C5)ccc3CC2c2cccc3ccccc23)cc1. The van der Waals surface area contributed by atoms with E-state index in [-0.39, 0.29) is 30.3 Å². The lowest BCUT2D eigenvalue weighted by Gasteiger charge is -2.38. The third kappa shape index (κ3) is 7.54. The Labute approximate surface area is 299 Å². The zero-order valence-electron chi connectivity index (χ0n) is 29.5. The van der Waals surface area contributed by atoms with E-state index in [1.807, 2.05) is 72.4 Å². The molecular formula is C42H47N5O4. The number of nitrogens with one attached hydrogen (secondary N) is 1. The maximum absolute atomic E-state index is 14.5. The Hall–Kier alpha value is -5.02. The Bertz CT molecular complexity index is 1950. The lowest BCUT2D eigenvalue weighted by molar-refractivity contribution is -0.119. The molecular weight excluding hydrogens is 638 g/mol. The molecule has 264 valence electrons. The molecule has 4 atom stereocenters. The van der Waals surface area contributed by atoms with E-state index in [0.717, 1.165) is 39.8 Å². The van der Waals surface area contributed by atoms with Crippen molar-refractivity contribution in [3.8, 4) is 0 Å². The first kappa shape index (κ1) is 34.4. The molecule has 4 unspecified atom stereocenters. The molecule has 2 aliphatic carbocycles. The molecule has 4 aromatic rings. The van der Waals surface area contributed by atoms with Gasteiger partial charge in [-0.2, -0.15) is 0 Å². The summed E-state index contributed by atoms with van der Waals surface area (Å²) in [5, 5.41) is 5.32. The molecule has 1 heterocycles. The number of benzene rings is 4. The summed E-state index contributed by atoms with van der Waals surface area (Å²) in [4.78, 5) is 58.1. The smallest absolute Gasteiger partial charge is 0.255 e. The number of nitrogens with zero attached hydrogens (tertiary/aromatic N) is 3. The molecule has 4 amide bonds. The minimum Gasteiger partial charge on any atom is -0.368 e. The summed E-state index contributed by atoms with van der Waals surface area (Å²) in [6.07, 6.45) is 6.13.